The number of nitrogens with two attached hydrogens (primary N) is 1. The van der Waals surface area contributed by atoms with Crippen molar-refractivity contribution >= 4 is 16.5 Å². The number of hydrogen-bond donors (Lipinski definition) is 1. The molecule has 1 aliphatic rings. The van der Waals surface area contributed by atoms with Gasteiger partial charge in [-0.2, -0.15) is 8.78 Å². The zero-order valence-corrected chi connectivity index (χ0v) is 13.1. The van der Waals surface area contributed by atoms with Crippen LogP contribution < -0.4 is 10.5 Å². The lowest BCUT2D eigenvalue weighted by Gasteiger charge is -2.32. The first-order valence-electron chi connectivity index (χ1n) is 7.19. The smallest absolute Gasteiger partial charge is 0.387 e. The maximum absolute atomic E-state index is 12.2. The van der Waals surface area contributed by atoms with Crippen molar-refractivity contribution in [2.24, 2.45) is 0 Å². The first kappa shape index (κ1) is 16.1. The lowest BCUT2D eigenvalue weighted by Crippen LogP contribution is -2.37. The third-order valence-corrected chi connectivity index (χ3v) is 4.39. The highest BCUT2D eigenvalue weighted by Gasteiger charge is 2.22. The van der Waals surface area contributed by atoms with E-state index in [4.69, 9.17) is 10.5 Å². The fourth-order valence-corrected chi connectivity index (χ4v) is 3.25. The zero-order valence-electron chi connectivity index (χ0n) is 12.3. The van der Waals surface area contributed by atoms with E-state index in [-0.39, 0.29) is 11.9 Å². The first-order valence-corrected chi connectivity index (χ1v) is 8.01. The fraction of sp³-hybridized carbons (Fsp3) is 0.400. The van der Waals surface area contributed by atoms with Crippen LogP contribution in [0, 0.1) is 0 Å². The van der Waals surface area contributed by atoms with E-state index >= 15 is 0 Å². The molecule has 2 heterocycles. The molecule has 0 saturated carbocycles. The van der Waals surface area contributed by atoms with Crippen molar-refractivity contribution in [1.29, 1.82) is 0 Å². The Kier molecular flexibility index (Phi) is 5.04. The molecule has 1 atom stereocenters. The van der Waals surface area contributed by atoms with Crippen molar-refractivity contribution in [3.63, 3.8) is 0 Å². The van der Waals surface area contributed by atoms with Gasteiger partial charge in [0.25, 0.3) is 0 Å². The van der Waals surface area contributed by atoms with Crippen LogP contribution in [-0.2, 0) is 11.3 Å². The fourth-order valence-electron chi connectivity index (χ4n) is 2.53. The van der Waals surface area contributed by atoms with Gasteiger partial charge in [0.15, 0.2) is 5.13 Å². The quantitative estimate of drug-likeness (QED) is 0.906. The van der Waals surface area contributed by atoms with Crippen LogP contribution in [0.15, 0.2) is 30.5 Å². The molecule has 0 radical (unpaired) electrons. The van der Waals surface area contributed by atoms with Crippen molar-refractivity contribution in [2.45, 2.75) is 19.3 Å². The van der Waals surface area contributed by atoms with Crippen LogP contribution in [-0.4, -0.2) is 36.2 Å². The molecule has 0 spiro atoms. The Morgan fingerprint density at radius 3 is 2.83 bits per heavy atom. The van der Waals surface area contributed by atoms with Gasteiger partial charge < -0.3 is 15.2 Å². The van der Waals surface area contributed by atoms with Gasteiger partial charge in [0.1, 0.15) is 5.75 Å². The van der Waals surface area contributed by atoms with Gasteiger partial charge >= 0.3 is 6.61 Å². The maximum Gasteiger partial charge on any atom is 0.387 e. The summed E-state index contributed by atoms with van der Waals surface area (Å²) in [7, 11) is 0. The second-order valence-corrected chi connectivity index (χ2v) is 6.35. The number of anilines is 1. The summed E-state index contributed by atoms with van der Waals surface area (Å²) < 4.78 is 34.5. The number of nitrogens with zero attached hydrogens (tertiary/aromatic N) is 2. The summed E-state index contributed by atoms with van der Waals surface area (Å²) in [6, 6.07) is 6.59. The Hall–Kier alpha value is -1.77. The minimum Gasteiger partial charge on any atom is -0.435 e. The van der Waals surface area contributed by atoms with Crippen LogP contribution in [0.1, 0.15) is 16.5 Å². The SMILES string of the molecule is Nc1ncc(CN2CCOC(c3ccc(OC(F)F)cc3)C2)s1. The topological polar surface area (TPSA) is 60.6 Å². The van der Waals surface area contributed by atoms with E-state index in [0.717, 1.165) is 30.1 Å². The van der Waals surface area contributed by atoms with Gasteiger partial charge in [0, 0.05) is 30.7 Å². The summed E-state index contributed by atoms with van der Waals surface area (Å²) in [6.45, 7) is 0.151. The van der Waals surface area contributed by atoms with E-state index < -0.39 is 6.61 Å². The largest absolute Gasteiger partial charge is 0.435 e. The Labute approximate surface area is 136 Å². The number of nitrogen functional groups attached to an aromatic ring is 1. The van der Waals surface area contributed by atoms with Gasteiger partial charge in [-0.05, 0) is 17.7 Å². The molecule has 1 aromatic heterocycles. The molecular formula is C15H17F2N3O2S. The molecule has 5 nitrogen and oxygen atoms in total. The molecule has 0 bridgehead atoms. The van der Waals surface area contributed by atoms with Crippen LogP contribution >= 0.6 is 11.3 Å². The average Bonchev–Trinajstić information content (AvgIpc) is 2.93. The van der Waals surface area contributed by atoms with Gasteiger partial charge in [-0.3, -0.25) is 4.90 Å². The Bertz CT molecular complexity index is 636. The van der Waals surface area contributed by atoms with E-state index in [9.17, 15) is 8.78 Å². The average molecular weight is 341 g/mol. The zero-order chi connectivity index (χ0) is 16.2. The van der Waals surface area contributed by atoms with Gasteiger partial charge in [-0.15, -0.1) is 11.3 Å². The van der Waals surface area contributed by atoms with Gasteiger partial charge in [0.05, 0.1) is 12.7 Å². The standard InChI is InChI=1S/C15H17F2N3O2S/c16-14(17)22-11-3-1-10(2-4-11)13-9-20(5-6-21-13)8-12-7-19-15(18)23-12/h1-4,7,13-14H,5-6,8-9H2,(H2,18,19). The molecule has 3 rings (SSSR count). The van der Waals surface area contributed by atoms with Crippen molar-refractivity contribution < 1.29 is 18.3 Å². The third kappa shape index (κ3) is 4.37. The molecule has 1 saturated heterocycles. The van der Waals surface area contributed by atoms with Crippen LogP contribution in [0.2, 0.25) is 0 Å². The molecule has 1 fully saturated rings. The molecular weight excluding hydrogens is 324 g/mol. The predicted octanol–water partition coefficient (Wildman–Crippen LogP) is 2.90. The highest BCUT2D eigenvalue weighted by molar-refractivity contribution is 7.15. The predicted molar refractivity (Wildman–Crippen MR) is 83.6 cm³/mol. The summed E-state index contributed by atoms with van der Waals surface area (Å²) >= 11 is 1.48. The van der Waals surface area contributed by atoms with E-state index in [2.05, 4.69) is 14.6 Å². The van der Waals surface area contributed by atoms with Crippen LogP contribution in [0.5, 0.6) is 5.75 Å². The van der Waals surface area contributed by atoms with Crippen molar-refractivity contribution in [3.05, 3.63) is 40.9 Å². The molecule has 2 aromatic rings. The van der Waals surface area contributed by atoms with Crippen molar-refractivity contribution in [3.8, 4) is 5.75 Å². The molecule has 1 unspecified atom stereocenters. The third-order valence-electron chi connectivity index (χ3n) is 3.58. The van der Waals surface area contributed by atoms with E-state index in [1.165, 1.54) is 23.5 Å². The Balaban J connectivity index is 1.61. The molecule has 23 heavy (non-hydrogen) atoms. The highest BCUT2D eigenvalue weighted by atomic mass is 32.1. The van der Waals surface area contributed by atoms with Gasteiger partial charge in [0.2, 0.25) is 0 Å². The second kappa shape index (κ2) is 7.20. The van der Waals surface area contributed by atoms with Gasteiger partial charge in [-0.25, -0.2) is 4.98 Å². The summed E-state index contributed by atoms with van der Waals surface area (Å²) in [5.41, 5.74) is 6.59. The number of thiazole rings is 1. The Morgan fingerprint density at radius 2 is 2.17 bits per heavy atom. The van der Waals surface area contributed by atoms with Crippen molar-refractivity contribution in [2.75, 3.05) is 25.4 Å². The number of benzene rings is 1. The second-order valence-electron chi connectivity index (χ2n) is 5.21. The molecule has 124 valence electrons. The summed E-state index contributed by atoms with van der Waals surface area (Å²) in [6.07, 6.45) is 1.70. The number of halogens is 2. The summed E-state index contributed by atoms with van der Waals surface area (Å²) in [5, 5.41) is 0.569. The monoisotopic (exact) mass is 341 g/mol. The van der Waals surface area contributed by atoms with E-state index in [1.54, 1.807) is 18.3 Å². The number of hydrogen-bond acceptors (Lipinski definition) is 6. The molecule has 0 amide bonds. The minimum atomic E-state index is -2.81. The van der Waals surface area contributed by atoms with Gasteiger partial charge in [-0.1, -0.05) is 12.1 Å². The normalized spacial score (nSPS) is 19.2. The summed E-state index contributed by atoms with van der Waals surface area (Å²) in [5.74, 6) is 0.150. The minimum absolute atomic E-state index is 0.0883. The maximum atomic E-state index is 12.2. The molecule has 1 aliphatic heterocycles. The Morgan fingerprint density at radius 1 is 1.39 bits per heavy atom. The first-order chi connectivity index (χ1) is 11.1. The number of alkyl halides is 2. The number of ether oxygens (including phenoxy) is 2. The van der Waals surface area contributed by atoms with E-state index in [1.807, 2.05) is 0 Å². The molecule has 0 aliphatic carbocycles. The summed E-state index contributed by atoms with van der Waals surface area (Å²) in [4.78, 5) is 7.44. The molecule has 8 heteroatoms. The van der Waals surface area contributed by atoms with Crippen LogP contribution in [0.25, 0.3) is 0 Å². The van der Waals surface area contributed by atoms with Crippen LogP contribution in [0.4, 0.5) is 13.9 Å². The lowest BCUT2D eigenvalue weighted by molar-refractivity contribution is -0.0500. The number of morpholine rings is 1. The molecule has 1 aromatic carbocycles. The number of aromatic nitrogens is 1. The lowest BCUT2D eigenvalue weighted by atomic mass is 10.1. The molecule has 2 N–H and O–H groups in total. The van der Waals surface area contributed by atoms with Crippen molar-refractivity contribution in [1.82, 2.24) is 9.88 Å². The highest BCUT2D eigenvalue weighted by Crippen LogP contribution is 2.26. The van der Waals surface area contributed by atoms with Crippen LogP contribution in [0.3, 0.4) is 0 Å². The number of rotatable bonds is 5. The van der Waals surface area contributed by atoms with E-state index in [0.29, 0.717) is 11.7 Å².